The van der Waals surface area contributed by atoms with E-state index in [4.69, 9.17) is 10.5 Å². The van der Waals surface area contributed by atoms with Crippen molar-refractivity contribution in [2.45, 2.75) is 24.3 Å². The third-order valence-electron chi connectivity index (χ3n) is 2.46. The summed E-state index contributed by atoms with van der Waals surface area (Å²) in [7, 11) is 1.64. The molecule has 1 aromatic carbocycles. The van der Waals surface area contributed by atoms with Gasteiger partial charge in [0.05, 0.1) is 13.2 Å². The number of rotatable bonds is 8. The van der Waals surface area contributed by atoms with Crippen molar-refractivity contribution < 1.29 is 9.53 Å². The van der Waals surface area contributed by atoms with Crippen molar-refractivity contribution in [3.8, 4) is 5.75 Å². The Kier molecular flexibility index (Phi) is 6.60. The van der Waals surface area contributed by atoms with E-state index < -0.39 is 0 Å². The maximum atomic E-state index is 11.3. The van der Waals surface area contributed by atoms with Crippen molar-refractivity contribution in [1.29, 1.82) is 0 Å². The number of ether oxygens (including phenoxy) is 1. The number of nitrogens with one attached hydrogen (secondary N) is 1. The second-order valence-corrected chi connectivity index (χ2v) is 4.99. The first-order chi connectivity index (χ1) is 8.67. The van der Waals surface area contributed by atoms with E-state index in [9.17, 15) is 4.79 Å². The highest BCUT2D eigenvalue weighted by Crippen LogP contribution is 2.21. The predicted octanol–water partition coefficient (Wildman–Crippen LogP) is 1.64. The van der Waals surface area contributed by atoms with Gasteiger partial charge in [-0.3, -0.25) is 4.79 Å². The summed E-state index contributed by atoms with van der Waals surface area (Å²) in [6.45, 7) is 2.86. The summed E-state index contributed by atoms with van der Waals surface area (Å²) >= 11 is 1.61. The average molecular weight is 268 g/mol. The highest BCUT2D eigenvalue weighted by atomic mass is 32.2. The molecule has 1 unspecified atom stereocenters. The van der Waals surface area contributed by atoms with Crippen LogP contribution in [0.2, 0.25) is 0 Å². The summed E-state index contributed by atoms with van der Waals surface area (Å²) in [5, 5.41) is 3.14. The van der Waals surface area contributed by atoms with Crippen LogP contribution >= 0.6 is 11.8 Å². The van der Waals surface area contributed by atoms with Crippen molar-refractivity contribution in [1.82, 2.24) is 5.32 Å². The first-order valence-electron chi connectivity index (χ1n) is 5.97. The van der Waals surface area contributed by atoms with E-state index in [0.717, 1.165) is 23.6 Å². The molecule has 0 spiro atoms. The molecule has 0 aliphatic rings. The van der Waals surface area contributed by atoms with E-state index in [1.807, 2.05) is 24.3 Å². The highest BCUT2D eigenvalue weighted by molar-refractivity contribution is 7.99. The van der Waals surface area contributed by atoms with E-state index in [2.05, 4.69) is 12.2 Å². The Balaban J connectivity index is 2.47. The molecule has 0 aliphatic heterocycles. The van der Waals surface area contributed by atoms with Gasteiger partial charge in [-0.05, 0) is 37.2 Å². The number of hydrogen-bond acceptors (Lipinski definition) is 4. The molecule has 1 atom stereocenters. The third-order valence-corrected chi connectivity index (χ3v) is 3.57. The molecule has 0 saturated carbocycles. The van der Waals surface area contributed by atoms with Crippen LogP contribution in [-0.4, -0.2) is 31.4 Å². The molecule has 0 radical (unpaired) electrons. The van der Waals surface area contributed by atoms with Crippen molar-refractivity contribution in [2.75, 3.05) is 19.4 Å². The molecule has 0 aliphatic carbocycles. The number of methoxy groups -OCH3 is 1. The maximum absolute atomic E-state index is 11.3. The van der Waals surface area contributed by atoms with Gasteiger partial charge in [-0.2, -0.15) is 0 Å². The van der Waals surface area contributed by atoms with E-state index in [0.29, 0.717) is 5.75 Å². The number of primary amides is 1. The quantitative estimate of drug-likeness (QED) is 0.704. The fraction of sp³-hybridized carbons (Fsp3) is 0.462. The SMILES string of the molecule is CCCNC(CSc1ccc(OC)cc1)C(N)=O. The molecule has 1 amide bonds. The monoisotopic (exact) mass is 268 g/mol. The molecule has 3 N–H and O–H groups in total. The van der Waals surface area contributed by atoms with Crippen LogP contribution < -0.4 is 15.8 Å². The largest absolute Gasteiger partial charge is 0.497 e. The lowest BCUT2D eigenvalue weighted by atomic mass is 10.3. The molecule has 1 aromatic rings. The van der Waals surface area contributed by atoms with Crippen LogP contribution in [-0.2, 0) is 4.79 Å². The summed E-state index contributed by atoms with van der Waals surface area (Å²) in [5.41, 5.74) is 5.35. The highest BCUT2D eigenvalue weighted by Gasteiger charge is 2.14. The van der Waals surface area contributed by atoms with Gasteiger partial charge in [-0.1, -0.05) is 6.92 Å². The molecule has 0 saturated heterocycles. The van der Waals surface area contributed by atoms with Crippen LogP contribution in [0.4, 0.5) is 0 Å². The van der Waals surface area contributed by atoms with Gasteiger partial charge < -0.3 is 15.8 Å². The Bertz CT molecular complexity index is 368. The van der Waals surface area contributed by atoms with Crippen LogP contribution in [0.3, 0.4) is 0 Å². The van der Waals surface area contributed by atoms with Gasteiger partial charge in [-0.15, -0.1) is 11.8 Å². The van der Waals surface area contributed by atoms with Gasteiger partial charge in [0, 0.05) is 10.6 Å². The summed E-state index contributed by atoms with van der Waals surface area (Å²) < 4.78 is 5.09. The van der Waals surface area contributed by atoms with E-state index in [-0.39, 0.29) is 11.9 Å². The number of hydrogen-bond donors (Lipinski definition) is 2. The molecule has 5 heteroatoms. The molecule has 0 bridgehead atoms. The first-order valence-corrected chi connectivity index (χ1v) is 6.95. The minimum atomic E-state index is -0.301. The Morgan fingerprint density at radius 3 is 2.61 bits per heavy atom. The number of nitrogens with two attached hydrogens (primary N) is 1. The van der Waals surface area contributed by atoms with Crippen LogP contribution in [0, 0.1) is 0 Å². The molecule has 4 nitrogen and oxygen atoms in total. The number of thioether (sulfide) groups is 1. The standard InChI is InChI=1S/C13H20N2O2S/c1-3-8-15-12(13(14)16)9-18-11-6-4-10(17-2)5-7-11/h4-7,12,15H,3,8-9H2,1-2H3,(H2,14,16). The zero-order valence-corrected chi connectivity index (χ0v) is 11.6. The molecular formula is C13H20N2O2S. The molecule has 0 aromatic heterocycles. The van der Waals surface area contributed by atoms with Gasteiger partial charge in [0.25, 0.3) is 0 Å². The molecule has 0 heterocycles. The first kappa shape index (κ1) is 14.9. The second kappa shape index (κ2) is 8.00. The molecule has 100 valence electrons. The predicted molar refractivity (Wildman–Crippen MR) is 75.0 cm³/mol. The minimum absolute atomic E-state index is 0.281. The number of benzene rings is 1. The molecular weight excluding hydrogens is 248 g/mol. The summed E-state index contributed by atoms with van der Waals surface area (Å²) in [6, 6.07) is 7.47. The number of carbonyl (C=O) groups excluding carboxylic acids is 1. The Morgan fingerprint density at radius 2 is 2.11 bits per heavy atom. The maximum Gasteiger partial charge on any atom is 0.235 e. The zero-order chi connectivity index (χ0) is 13.4. The fourth-order valence-electron chi connectivity index (χ4n) is 1.41. The van der Waals surface area contributed by atoms with Gasteiger partial charge in [-0.25, -0.2) is 0 Å². The van der Waals surface area contributed by atoms with Crippen LogP contribution in [0.15, 0.2) is 29.2 Å². The van der Waals surface area contributed by atoms with Crippen molar-refractivity contribution in [3.05, 3.63) is 24.3 Å². The Morgan fingerprint density at radius 1 is 1.44 bits per heavy atom. The van der Waals surface area contributed by atoms with Gasteiger partial charge in [0.2, 0.25) is 5.91 Å². The van der Waals surface area contributed by atoms with Crippen LogP contribution in [0.25, 0.3) is 0 Å². The van der Waals surface area contributed by atoms with Crippen molar-refractivity contribution in [3.63, 3.8) is 0 Å². The number of carbonyl (C=O) groups is 1. The second-order valence-electron chi connectivity index (χ2n) is 3.90. The fourth-order valence-corrected chi connectivity index (χ4v) is 2.38. The number of amides is 1. The van der Waals surface area contributed by atoms with Crippen molar-refractivity contribution in [2.24, 2.45) is 5.73 Å². The molecule has 18 heavy (non-hydrogen) atoms. The Hall–Kier alpha value is -1.20. The average Bonchev–Trinajstić information content (AvgIpc) is 2.39. The van der Waals surface area contributed by atoms with Crippen molar-refractivity contribution >= 4 is 17.7 Å². The summed E-state index contributed by atoms with van der Waals surface area (Å²) in [4.78, 5) is 12.4. The van der Waals surface area contributed by atoms with E-state index in [1.54, 1.807) is 18.9 Å². The molecule has 1 rings (SSSR count). The minimum Gasteiger partial charge on any atom is -0.497 e. The normalized spacial score (nSPS) is 12.1. The van der Waals surface area contributed by atoms with Gasteiger partial charge in [0.15, 0.2) is 0 Å². The lowest BCUT2D eigenvalue weighted by Gasteiger charge is -2.14. The lowest BCUT2D eigenvalue weighted by molar-refractivity contribution is -0.119. The third kappa shape index (κ3) is 4.98. The van der Waals surface area contributed by atoms with E-state index >= 15 is 0 Å². The summed E-state index contributed by atoms with van der Waals surface area (Å²) in [5.74, 6) is 1.17. The van der Waals surface area contributed by atoms with E-state index in [1.165, 1.54) is 0 Å². The summed E-state index contributed by atoms with van der Waals surface area (Å²) in [6.07, 6.45) is 0.983. The van der Waals surface area contributed by atoms with Crippen LogP contribution in [0.1, 0.15) is 13.3 Å². The Labute approximate surface area is 112 Å². The smallest absolute Gasteiger partial charge is 0.235 e. The lowest BCUT2D eigenvalue weighted by Crippen LogP contribution is -2.43. The molecule has 0 fully saturated rings. The van der Waals surface area contributed by atoms with Gasteiger partial charge >= 0.3 is 0 Å². The topological polar surface area (TPSA) is 64.3 Å². The van der Waals surface area contributed by atoms with Gasteiger partial charge in [0.1, 0.15) is 5.75 Å². The van der Waals surface area contributed by atoms with Crippen LogP contribution in [0.5, 0.6) is 5.75 Å². The zero-order valence-electron chi connectivity index (χ0n) is 10.8.